The third-order valence-electron chi connectivity index (χ3n) is 8.18. The van der Waals surface area contributed by atoms with Gasteiger partial charge in [0.15, 0.2) is 5.78 Å². The summed E-state index contributed by atoms with van der Waals surface area (Å²) in [6.07, 6.45) is 4.55. The van der Waals surface area contributed by atoms with Crippen LogP contribution in [0, 0.1) is 30.7 Å². The molecular formula is C34H42IrNO3-. The van der Waals surface area contributed by atoms with E-state index < -0.39 is 10.8 Å². The molecule has 2 aromatic carbocycles. The normalized spacial score (nSPS) is 12.8. The van der Waals surface area contributed by atoms with Crippen molar-refractivity contribution in [2.75, 3.05) is 0 Å². The summed E-state index contributed by atoms with van der Waals surface area (Å²) >= 11 is 0. The summed E-state index contributed by atoms with van der Waals surface area (Å²) in [6.45, 7) is 15.8. The number of fused-ring (bicyclic) bond motifs is 3. The van der Waals surface area contributed by atoms with Crippen LogP contribution in [-0.2, 0) is 24.9 Å². The van der Waals surface area contributed by atoms with E-state index in [0.29, 0.717) is 12.8 Å². The monoisotopic (exact) mass is 706 g/mol. The quantitative estimate of drug-likeness (QED) is 0.113. The molecule has 4 nitrogen and oxygen atoms in total. The number of ketones is 1. The van der Waals surface area contributed by atoms with Crippen LogP contribution >= 0.6 is 0 Å². The van der Waals surface area contributed by atoms with Gasteiger partial charge in [-0.15, -0.1) is 34.9 Å². The summed E-state index contributed by atoms with van der Waals surface area (Å²) in [5, 5.41) is 12.3. The molecule has 4 rings (SSSR count). The number of aliphatic hydroxyl groups excluding tert-OH is 1. The number of benzene rings is 2. The van der Waals surface area contributed by atoms with Gasteiger partial charge in [-0.25, -0.2) is 0 Å². The Kier molecular flexibility index (Phi) is 10.7. The number of hydrogen-bond donors (Lipinski definition) is 1. The number of pyridine rings is 1. The predicted octanol–water partition coefficient (Wildman–Crippen LogP) is 9.71. The maximum Gasteiger partial charge on any atom is 0.164 e. The zero-order valence-electron chi connectivity index (χ0n) is 25.5. The minimum atomic E-state index is -0.534. The Balaban J connectivity index is 0.000000278. The zero-order valence-corrected chi connectivity index (χ0v) is 26.9. The fourth-order valence-corrected chi connectivity index (χ4v) is 4.44. The van der Waals surface area contributed by atoms with Crippen molar-refractivity contribution in [3.8, 4) is 11.3 Å². The summed E-state index contributed by atoms with van der Waals surface area (Å²) in [4.78, 5) is 17.2. The predicted molar refractivity (Wildman–Crippen MR) is 158 cm³/mol. The first-order chi connectivity index (χ1) is 18.4. The van der Waals surface area contributed by atoms with Crippen molar-refractivity contribution in [2.24, 2.45) is 10.8 Å². The minimum Gasteiger partial charge on any atom is -0.512 e. The van der Waals surface area contributed by atoms with Gasteiger partial charge in [0.25, 0.3) is 0 Å². The van der Waals surface area contributed by atoms with Crippen LogP contribution in [0.2, 0.25) is 0 Å². The number of carbonyl (C=O) groups excluding carboxylic acids is 1. The van der Waals surface area contributed by atoms with Gasteiger partial charge in [0.1, 0.15) is 11.3 Å². The Morgan fingerprint density at radius 3 is 2.21 bits per heavy atom. The van der Waals surface area contributed by atoms with Crippen molar-refractivity contribution >= 4 is 27.7 Å². The van der Waals surface area contributed by atoms with Gasteiger partial charge in [0.2, 0.25) is 0 Å². The maximum absolute atomic E-state index is 12.3. The van der Waals surface area contributed by atoms with Crippen LogP contribution in [0.25, 0.3) is 33.1 Å². The minimum absolute atomic E-state index is 0. The van der Waals surface area contributed by atoms with Crippen LogP contribution in [0.15, 0.2) is 65.0 Å². The molecule has 2 aromatic heterocycles. The molecule has 4 aromatic rings. The van der Waals surface area contributed by atoms with E-state index in [2.05, 4.69) is 32.0 Å². The molecule has 0 atom stereocenters. The molecule has 0 aliphatic rings. The Bertz CT molecular complexity index is 1480. The first-order valence-corrected chi connectivity index (χ1v) is 13.7. The largest absolute Gasteiger partial charge is 0.512 e. The van der Waals surface area contributed by atoms with E-state index in [4.69, 9.17) is 10.8 Å². The Labute approximate surface area is 248 Å². The van der Waals surface area contributed by atoms with Crippen molar-refractivity contribution in [3.05, 3.63) is 77.7 Å². The van der Waals surface area contributed by atoms with E-state index in [9.17, 15) is 9.90 Å². The van der Waals surface area contributed by atoms with E-state index in [-0.39, 0.29) is 37.7 Å². The first kappa shape index (κ1) is 30.8. The van der Waals surface area contributed by atoms with Crippen LogP contribution < -0.4 is 0 Å². The molecule has 0 bridgehead atoms. The van der Waals surface area contributed by atoms with E-state index >= 15 is 0 Å². The molecule has 0 fully saturated rings. The van der Waals surface area contributed by atoms with Gasteiger partial charge in [-0.2, -0.15) is 0 Å². The molecule has 39 heavy (non-hydrogen) atoms. The van der Waals surface area contributed by atoms with E-state index in [0.717, 1.165) is 51.5 Å². The van der Waals surface area contributed by atoms with Crippen molar-refractivity contribution in [1.82, 2.24) is 4.98 Å². The summed E-state index contributed by atoms with van der Waals surface area (Å²) in [7, 11) is 0. The number of aryl methyl sites for hydroxylation is 2. The molecule has 0 spiro atoms. The molecule has 5 heteroatoms. The van der Waals surface area contributed by atoms with E-state index in [1.807, 2.05) is 71.9 Å². The molecule has 1 N–H and O–H groups in total. The molecule has 0 amide bonds. The van der Waals surface area contributed by atoms with Crippen molar-refractivity contribution < 1.29 is 35.8 Å². The van der Waals surface area contributed by atoms with Gasteiger partial charge in [0.05, 0.1) is 13.2 Å². The summed E-state index contributed by atoms with van der Waals surface area (Å²) in [5.74, 6) is -0.288. The van der Waals surface area contributed by atoms with Crippen LogP contribution in [0.4, 0.5) is 0 Å². The maximum atomic E-state index is 12.3. The number of rotatable bonds is 8. The van der Waals surface area contributed by atoms with Gasteiger partial charge in [-0.05, 0) is 49.6 Å². The fourth-order valence-electron chi connectivity index (χ4n) is 4.44. The van der Waals surface area contributed by atoms with Gasteiger partial charge in [-0.1, -0.05) is 67.5 Å². The molecule has 1 radical (unpaired) electrons. The molecule has 0 unspecified atom stereocenters. The third kappa shape index (κ3) is 7.07. The SMILES string of the molecule is Cc1[c-]c(-c2nc3ccccc3c3occc23)cc(C)c1.[2H]/C(C(=O)C(C)(CC)CC)=C(/O)C(C)(CC)CC.[Ir]. The smallest absolute Gasteiger partial charge is 0.164 e. The molecule has 0 aliphatic heterocycles. The fraction of sp³-hybridized carbons (Fsp3) is 0.412. The number of allylic oxidation sites excluding steroid dienone is 2. The van der Waals surface area contributed by atoms with Gasteiger partial charge in [-0.3, -0.25) is 9.78 Å². The zero-order chi connectivity index (χ0) is 29.0. The third-order valence-corrected chi connectivity index (χ3v) is 8.18. The van der Waals surface area contributed by atoms with Crippen molar-refractivity contribution in [1.29, 1.82) is 0 Å². The number of aromatic nitrogens is 1. The average molecular weight is 706 g/mol. The van der Waals surface area contributed by atoms with Crippen molar-refractivity contribution in [2.45, 2.75) is 81.1 Å². The molecule has 2 heterocycles. The topological polar surface area (TPSA) is 63.3 Å². The summed E-state index contributed by atoms with van der Waals surface area (Å²) in [5.41, 5.74) is 5.13. The number of para-hydroxylation sites is 1. The average Bonchev–Trinajstić information content (AvgIpc) is 3.45. The number of nitrogens with zero attached hydrogens (tertiary/aromatic N) is 1. The van der Waals surface area contributed by atoms with Crippen LogP contribution in [-0.4, -0.2) is 15.9 Å². The van der Waals surface area contributed by atoms with E-state index in [1.54, 1.807) is 6.26 Å². The van der Waals surface area contributed by atoms with Crippen molar-refractivity contribution in [3.63, 3.8) is 0 Å². The second-order valence-corrected chi connectivity index (χ2v) is 10.7. The first-order valence-electron chi connectivity index (χ1n) is 14.2. The summed E-state index contributed by atoms with van der Waals surface area (Å²) in [6, 6.07) is 17.5. The molecule has 0 saturated heterocycles. The number of carbonyl (C=O) groups is 1. The van der Waals surface area contributed by atoms with Crippen LogP contribution in [0.5, 0.6) is 0 Å². The number of furan rings is 1. The Morgan fingerprint density at radius 2 is 1.62 bits per heavy atom. The number of hydrogen-bond acceptors (Lipinski definition) is 4. The standard InChI is InChI=1S/C19H14NO.C15H28O2.Ir/c1-12-9-13(2)11-14(10-12)18-16-7-8-21-19(16)15-5-3-4-6-17(15)20-18;1-7-14(5,8-2)12(16)11-13(17)15(6,9-3)10-4;/h3-10H,1-2H3;11,16H,7-10H2,1-6H3;/q-1;;/b;12-11-;/i;11D;. The van der Waals surface area contributed by atoms with Crippen LogP contribution in [0.1, 0.15) is 79.7 Å². The molecular weight excluding hydrogens is 663 g/mol. The molecule has 211 valence electrons. The van der Waals surface area contributed by atoms with E-state index in [1.165, 1.54) is 5.56 Å². The van der Waals surface area contributed by atoms with Crippen LogP contribution in [0.3, 0.4) is 0 Å². The Morgan fingerprint density at radius 1 is 1.00 bits per heavy atom. The molecule has 0 saturated carbocycles. The number of aliphatic hydroxyl groups is 1. The van der Waals surface area contributed by atoms with Gasteiger partial charge >= 0.3 is 0 Å². The van der Waals surface area contributed by atoms with Gasteiger partial charge < -0.3 is 9.52 Å². The Hall–Kier alpha value is -2.75. The second-order valence-electron chi connectivity index (χ2n) is 10.7. The second kappa shape index (κ2) is 13.5. The van der Waals surface area contributed by atoms with Gasteiger partial charge in [0, 0.05) is 47.8 Å². The summed E-state index contributed by atoms with van der Waals surface area (Å²) < 4.78 is 13.7. The molecule has 0 aliphatic carbocycles.